The molecule has 6 nitrogen and oxygen atoms in total. The minimum atomic E-state index is -0.760. The van der Waals surface area contributed by atoms with E-state index in [1.807, 2.05) is 0 Å². The van der Waals surface area contributed by atoms with Crippen LogP contribution in [0, 0.1) is 5.92 Å². The van der Waals surface area contributed by atoms with Gasteiger partial charge >= 0.3 is 17.9 Å². The van der Waals surface area contributed by atoms with E-state index >= 15 is 0 Å². The van der Waals surface area contributed by atoms with Crippen LogP contribution in [-0.2, 0) is 28.6 Å². The maximum atomic E-state index is 12.8. The molecule has 0 aromatic heterocycles. The Morgan fingerprint density at radius 1 is 0.317 bits per heavy atom. The van der Waals surface area contributed by atoms with Crippen molar-refractivity contribution in [2.24, 2.45) is 5.92 Å². The van der Waals surface area contributed by atoms with Crippen LogP contribution in [0.1, 0.15) is 323 Å². The molecule has 2 atom stereocenters. The maximum Gasteiger partial charge on any atom is 0.306 e. The topological polar surface area (TPSA) is 78.9 Å². The van der Waals surface area contributed by atoms with Crippen molar-refractivity contribution in [1.29, 1.82) is 0 Å². The van der Waals surface area contributed by atoms with E-state index < -0.39 is 6.10 Å². The van der Waals surface area contributed by atoms with Gasteiger partial charge in [-0.25, -0.2) is 0 Å². The third-order valence-electron chi connectivity index (χ3n) is 13.4. The lowest BCUT2D eigenvalue weighted by atomic mass is 9.99. The summed E-state index contributed by atoms with van der Waals surface area (Å²) in [5.74, 6) is 0.0708. The average Bonchev–Trinajstić information content (AvgIpc) is 3.28. The Bertz CT molecular complexity index is 951. The molecule has 63 heavy (non-hydrogen) atoms. The molecule has 0 N–H and O–H groups in total. The van der Waals surface area contributed by atoms with Gasteiger partial charge in [0.2, 0.25) is 0 Å². The zero-order valence-corrected chi connectivity index (χ0v) is 43.0. The molecule has 374 valence electrons. The van der Waals surface area contributed by atoms with Crippen LogP contribution in [0.2, 0.25) is 0 Å². The number of carbonyl (C=O) groups excluding carboxylic acids is 3. The molecule has 0 rings (SSSR count). The number of hydrogen-bond donors (Lipinski definition) is 0. The number of unbranched alkanes of at least 4 members (excludes halogenated alkanes) is 38. The normalized spacial score (nSPS) is 12.4. The first-order valence-corrected chi connectivity index (χ1v) is 28.4. The van der Waals surface area contributed by atoms with Crippen LogP contribution in [0.4, 0.5) is 0 Å². The van der Waals surface area contributed by atoms with Crippen molar-refractivity contribution < 1.29 is 28.6 Å². The fourth-order valence-electron chi connectivity index (χ4n) is 8.72. The zero-order valence-electron chi connectivity index (χ0n) is 43.0. The molecule has 0 spiro atoms. The molecule has 1 unspecified atom stereocenters. The molecule has 0 aromatic carbocycles. The van der Waals surface area contributed by atoms with Crippen molar-refractivity contribution >= 4 is 17.9 Å². The van der Waals surface area contributed by atoms with Crippen LogP contribution in [0.5, 0.6) is 0 Å². The number of hydrogen-bond acceptors (Lipinski definition) is 6. The molecule has 0 saturated carbocycles. The molecule has 0 aromatic rings. The van der Waals surface area contributed by atoms with Crippen molar-refractivity contribution in [3.05, 3.63) is 0 Å². The zero-order chi connectivity index (χ0) is 45.9. The Balaban J connectivity index is 4.18. The van der Waals surface area contributed by atoms with Gasteiger partial charge in [-0.15, -0.1) is 0 Å². The van der Waals surface area contributed by atoms with Crippen molar-refractivity contribution in [3.63, 3.8) is 0 Å². The fraction of sp³-hybridized carbons (Fsp3) is 0.947. The molecule has 0 radical (unpaired) electrons. The molecular formula is C57H110O6. The summed E-state index contributed by atoms with van der Waals surface area (Å²) in [6, 6.07) is 0. The summed E-state index contributed by atoms with van der Waals surface area (Å²) in [5, 5.41) is 0. The first-order valence-electron chi connectivity index (χ1n) is 28.4. The van der Waals surface area contributed by atoms with E-state index in [1.165, 1.54) is 218 Å². The Kier molecular flexibility index (Phi) is 50.1. The molecule has 0 aliphatic carbocycles. The van der Waals surface area contributed by atoms with E-state index in [4.69, 9.17) is 14.2 Å². The summed E-state index contributed by atoms with van der Waals surface area (Å²) >= 11 is 0. The highest BCUT2D eigenvalue weighted by molar-refractivity contribution is 5.71. The van der Waals surface area contributed by atoms with Gasteiger partial charge in [-0.3, -0.25) is 14.4 Å². The van der Waals surface area contributed by atoms with Crippen LogP contribution in [0.3, 0.4) is 0 Å². The Hall–Kier alpha value is -1.59. The van der Waals surface area contributed by atoms with E-state index in [2.05, 4.69) is 27.7 Å². The van der Waals surface area contributed by atoms with Gasteiger partial charge in [0.1, 0.15) is 13.2 Å². The largest absolute Gasteiger partial charge is 0.462 e. The Morgan fingerprint density at radius 2 is 0.556 bits per heavy atom. The highest BCUT2D eigenvalue weighted by atomic mass is 16.6. The van der Waals surface area contributed by atoms with Gasteiger partial charge in [-0.05, 0) is 25.2 Å². The lowest BCUT2D eigenvalue weighted by molar-refractivity contribution is -0.167. The van der Waals surface area contributed by atoms with Gasteiger partial charge in [0.25, 0.3) is 0 Å². The van der Waals surface area contributed by atoms with Crippen molar-refractivity contribution in [3.8, 4) is 0 Å². The quantitative estimate of drug-likeness (QED) is 0.0344. The molecule has 6 heteroatoms. The van der Waals surface area contributed by atoms with Crippen molar-refractivity contribution in [2.45, 2.75) is 329 Å². The molecule has 0 aliphatic rings. The van der Waals surface area contributed by atoms with Crippen molar-refractivity contribution in [1.82, 2.24) is 0 Å². The lowest BCUT2D eigenvalue weighted by Crippen LogP contribution is -2.30. The molecule has 0 aliphatic heterocycles. The summed E-state index contributed by atoms with van der Waals surface area (Å²) < 4.78 is 16.8. The number of esters is 3. The minimum absolute atomic E-state index is 0.0621. The summed E-state index contributed by atoms with van der Waals surface area (Å²) in [6.45, 7) is 9.09. The molecule has 0 heterocycles. The molecule has 0 bridgehead atoms. The summed E-state index contributed by atoms with van der Waals surface area (Å²) in [4.78, 5) is 38.0. The van der Waals surface area contributed by atoms with E-state index in [0.717, 1.165) is 63.7 Å². The molecule has 0 fully saturated rings. The maximum absolute atomic E-state index is 12.8. The van der Waals surface area contributed by atoms with E-state index in [-0.39, 0.29) is 31.1 Å². The second kappa shape index (κ2) is 51.4. The van der Waals surface area contributed by atoms with Crippen LogP contribution in [-0.4, -0.2) is 37.2 Å². The standard InChI is InChI=1S/C57H110O6/c1-5-8-10-12-14-16-18-29-32-36-40-44-48-55(58)61-51-54(63-57(60)50-46-42-38-34-27-17-15-13-11-9-6-2)52-62-56(59)49-45-41-37-33-30-26-24-22-20-19-21-23-25-28-31-35-39-43-47-53(4)7-3/h53-54H,5-52H2,1-4H3/t53?,54-/m0/s1. The molecule has 0 amide bonds. The summed E-state index contributed by atoms with van der Waals surface area (Å²) in [5.41, 5.74) is 0. The highest BCUT2D eigenvalue weighted by Crippen LogP contribution is 2.18. The first kappa shape index (κ1) is 61.4. The van der Waals surface area contributed by atoms with Crippen LogP contribution < -0.4 is 0 Å². The predicted molar refractivity (Wildman–Crippen MR) is 270 cm³/mol. The fourth-order valence-corrected chi connectivity index (χ4v) is 8.72. The Labute approximate surface area is 393 Å². The number of rotatable bonds is 52. The molecule has 0 saturated heterocycles. The third-order valence-corrected chi connectivity index (χ3v) is 13.4. The van der Waals surface area contributed by atoms with Gasteiger partial charge in [-0.2, -0.15) is 0 Å². The average molecular weight is 892 g/mol. The van der Waals surface area contributed by atoms with E-state index in [9.17, 15) is 14.4 Å². The number of carbonyl (C=O) groups is 3. The Morgan fingerprint density at radius 3 is 0.825 bits per heavy atom. The highest BCUT2D eigenvalue weighted by Gasteiger charge is 2.19. The monoisotopic (exact) mass is 891 g/mol. The van der Waals surface area contributed by atoms with Crippen molar-refractivity contribution in [2.75, 3.05) is 13.2 Å². The second-order valence-corrected chi connectivity index (χ2v) is 19.8. The lowest BCUT2D eigenvalue weighted by Gasteiger charge is -2.18. The van der Waals surface area contributed by atoms with Crippen LogP contribution in [0.25, 0.3) is 0 Å². The summed E-state index contributed by atoms with van der Waals surface area (Å²) in [7, 11) is 0. The van der Waals surface area contributed by atoms with Crippen LogP contribution in [0.15, 0.2) is 0 Å². The van der Waals surface area contributed by atoms with Crippen LogP contribution >= 0.6 is 0 Å². The van der Waals surface area contributed by atoms with Gasteiger partial charge < -0.3 is 14.2 Å². The summed E-state index contributed by atoms with van der Waals surface area (Å²) in [6.07, 6.45) is 55.2. The van der Waals surface area contributed by atoms with Gasteiger partial charge in [0.05, 0.1) is 0 Å². The third kappa shape index (κ3) is 49.7. The van der Waals surface area contributed by atoms with E-state index in [1.54, 1.807) is 0 Å². The second-order valence-electron chi connectivity index (χ2n) is 19.8. The van der Waals surface area contributed by atoms with E-state index in [0.29, 0.717) is 19.3 Å². The predicted octanol–water partition coefficient (Wildman–Crippen LogP) is 18.6. The van der Waals surface area contributed by atoms with Gasteiger partial charge in [-0.1, -0.05) is 285 Å². The van der Waals surface area contributed by atoms with Gasteiger partial charge in [0.15, 0.2) is 6.10 Å². The minimum Gasteiger partial charge on any atom is -0.462 e. The molecular weight excluding hydrogens is 781 g/mol. The first-order chi connectivity index (χ1) is 30.9. The SMILES string of the molecule is CCCCCCCCCCCCCCC(=O)OC[C@@H](COC(=O)CCCCCCCCCCCCCCCCCCCCC(C)CC)OC(=O)CCCCCCCCCCCCC. The van der Waals surface area contributed by atoms with Gasteiger partial charge in [0, 0.05) is 19.3 Å². The number of ether oxygens (including phenoxy) is 3. The smallest absolute Gasteiger partial charge is 0.306 e.